The molecule has 16 heavy (non-hydrogen) atoms. The number of methoxy groups -OCH3 is 1. The Hall–Kier alpha value is -0.820. The van der Waals surface area contributed by atoms with Crippen LogP contribution >= 0.6 is 0 Å². The number of ether oxygens (including phenoxy) is 1. The first-order valence-corrected chi connectivity index (χ1v) is 4.99. The van der Waals surface area contributed by atoms with E-state index in [9.17, 15) is 18.0 Å². The fraction of sp³-hybridized carbons (Fsp3) is 0.889. The fourth-order valence-corrected chi connectivity index (χ4v) is 1.56. The second-order valence-corrected chi connectivity index (χ2v) is 3.86. The van der Waals surface area contributed by atoms with Crippen molar-refractivity contribution in [2.75, 3.05) is 20.3 Å². The van der Waals surface area contributed by atoms with Crippen LogP contribution in [0.1, 0.15) is 12.8 Å². The summed E-state index contributed by atoms with van der Waals surface area (Å²) in [4.78, 5) is 11.0. The molecule has 0 heterocycles. The van der Waals surface area contributed by atoms with Gasteiger partial charge in [0, 0.05) is 19.2 Å². The summed E-state index contributed by atoms with van der Waals surface area (Å²) in [6.07, 6.45) is -3.11. The third-order valence-electron chi connectivity index (χ3n) is 2.37. The molecule has 1 aliphatic carbocycles. The van der Waals surface area contributed by atoms with Gasteiger partial charge in [0.25, 0.3) is 0 Å². The molecule has 1 saturated carbocycles. The van der Waals surface area contributed by atoms with Gasteiger partial charge in [-0.1, -0.05) is 0 Å². The number of carbonyl (C=O) groups excluding carboxylic acids is 1. The fourth-order valence-electron chi connectivity index (χ4n) is 1.56. The lowest BCUT2D eigenvalue weighted by atomic mass is 9.86. The molecule has 0 saturated heterocycles. The number of hydrogen-bond donors (Lipinski definition) is 2. The van der Waals surface area contributed by atoms with Gasteiger partial charge in [-0.05, 0) is 12.8 Å². The van der Waals surface area contributed by atoms with Crippen LogP contribution in [0.25, 0.3) is 0 Å². The number of alkyl halides is 3. The van der Waals surface area contributed by atoms with Gasteiger partial charge in [-0.2, -0.15) is 13.2 Å². The van der Waals surface area contributed by atoms with Crippen LogP contribution in [0.2, 0.25) is 0 Å². The molecule has 0 aromatic carbocycles. The average molecular weight is 240 g/mol. The summed E-state index contributed by atoms with van der Waals surface area (Å²) in [5.74, 6) is -0.234. The van der Waals surface area contributed by atoms with Gasteiger partial charge in [-0.15, -0.1) is 0 Å². The van der Waals surface area contributed by atoms with E-state index in [-0.39, 0.29) is 24.6 Å². The summed E-state index contributed by atoms with van der Waals surface area (Å²) in [5, 5.41) is 5.05. The van der Waals surface area contributed by atoms with Crippen molar-refractivity contribution in [3.05, 3.63) is 0 Å². The van der Waals surface area contributed by atoms with Crippen LogP contribution in [0, 0.1) is 0 Å². The van der Waals surface area contributed by atoms with E-state index in [2.05, 4.69) is 15.4 Å². The number of hydrogen-bond acceptors (Lipinski definition) is 3. The van der Waals surface area contributed by atoms with Gasteiger partial charge in [-0.25, -0.2) is 0 Å². The van der Waals surface area contributed by atoms with E-state index in [0.717, 1.165) is 0 Å². The highest BCUT2D eigenvalue weighted by Gasteiger charge is 2.34. The molecule has 1 rings (SSSR count). The quantitative estimate of drug-likeness (QED) is 0.732. The Kier molecular flexibility index (Phi) is 4.55. The van der Waals surface area contributed by atoms with E-state index in [1.165, 1.54) is 7.11 Å². The molecule has 94 valence electrons. The summed E-state index contributed by atoms with van der Waals surface area (Å²) in [7, 11) is 1.41. The van der Waals surface area contributed by atoms with Crippen LogP contribution in [0.4, 0.5) is 13.2 Å². The Bertz CT molecular complexity index is 239. The van der Waals surface area contributed by atoms with Crippen molar-refractivity contribution in [2.45, 2.75) is 31.1 Å². The first-order chi connectivity index (χ1) is 7.40. The Labute approximate surface area is 91.5 Å². The Morgan fingerprint density at radius 3 is 2.50 bits per heavy atom. The maximum atomic E-state index is 11.8. The normalized spacial score (nSPS) is 25.0. The zero-order chi connectivity index (χ0) is 12.2. The minimum absolute atomic E-state index is 0.0167. The van der Waals surface area contributed by atoms with Crippen molar-refractivity contribution in [1.29, 1.82) is 0 Å². The number of halogens is 3. The summed E-state index contributed by atoms with van der Waals surface area (Å²) in [6, 6.07) is -0.192. The molecule has 0 bridgehead atoms. The van der Waals surface area contributed by atoms with E-state index in [4.69, 9.17) is 0 Å². The monoisotopic (exact) mass is 240 g/mol. The van der Waals surface area contributed by atoms with Gasteiger partial charge in [-0.3, -0.25) is 4.79 Å². The zero-order valence-corrected chi connectivity index (χ0v) is 8.93. The van der Waals surface area contributed by atoms with Gasteiger partial charge in [0.15, 0.2) is 0 Å². The van der Waals surface area contributed by atoms with Crippen LogP contribution in [-0.4, -0.2) is 44.4 Å². The van der Waals surface area contributed by atoms with E-state index in [1.807, 2.05) is 0 Å². The van der Waals surface area contributed by atoms with Crippen LogP contribution < -0.4 is 10.6 Å². The van der Waals surface area contributed by atoms with Crippen molar-refractivity contribution in [3.8, 4) is 0 Å². The molecular formula is C9H15F3N2O2. The molecular weight excluding hydrogens is 225 g/mol. The molecule has 1 fully saturated rings. The van der Waals surface area contributed by atoms with E-state index in [1.54, 1.807) is 0 Å². The Morgan fingerprint density at radius 2 is 2.00 bits per heavy atom. The smallest absolute Gasteiger partial charge is 0.375 e. The van der Waals surface area contributed by atoms with E-state index in [0.29, 0.717) is 12.8 Å². The standard InChI is InChI=1S/C9H15F3N2O2/c1-16-4-8(15)14-7-2-6(3-7)13-5-9(10,11)12/h6-7,13H,2-5H2,1H3,(H,14,15). The first-order valence-electron chi connectivity index (χ1n) is 4.99. The van der Waals surface area contributed by atoms with E-state index < -0.39 is 12.7 Å². The molecule has 0 unspecified atom stereocenters. The van der Waals surface area contributed by atoms with Gasteiger partial charge < -0.3 is 15.4 Å². The second-order valence-electron chi connectivity index (χ2n) is 3.86. The molecule has 1 amide bonds. The minimum atomic E-state index is -4.18. The van der Waals surface area contributed by atoms with Crippen LogP contribution in [0.15, 0.2) is 0 Å². The number of carbonyl (C=O) groups is 1. The molecule has 0 aromatic heterocycles. The van der Waals surface area contributed by atoms with Crippen LogP contribution in [-0.2, 0) is 9.53 Å². The lowest BCUT2D eigenvalue weighted by Crippen LogP contribution is -2.54. The maximum absolute atomic E-state index is 11.8. The van der Waals surface area contributed by atoms with Crippen LogP contribution in [0.3, 0.4) is 0 Å². The maximum Gasteiger partial charge on any atom is 0.401 e. The Balaban J connectivity index is 2.07. The molecule has 0 spiro atoms. The van der Waals surface area contributed by atoms with Crippen molar-refractivity contribution in [1.82, 2.24) is 10.6 Å². The van der Waals surface area contributed by atoms with Gasteiger partial charge in [0.1, 0.15) is 6.61 Å². The largest absolute Gasteiger partial charge is 0.401 e. The van der Waals surface area contributed by atoms with Crippen molar-refractivity contribution < 1.29 is 22.7 Å². The summed E-state index contributed by atoms with van der Waals surface area (Å²) < 4.78 is 40.1. The number of amides is 1. The predicted octanol–water partition coefficient (Wildman–Crippen LogP) is 0.432. The molecule has 0 radical (unpaired) electrons. The molecule has 0 atom stereocenters. The molecule has 2 N–H and O–H groups in total. The van der Waals surface area contributed by atoms with Crippen LogP contribution in [0.5, 0.6) is 0 Å². The molecule has 1 aliphatic rings. The topological polar surface area (TPSA) is 50.4 Å². The van der Waals surface area contributed by atoms with Crippen molar-refractivity contribution in [3.63, 3.8) is 0 Å². The lowest BCUT2D eigenvalue weighted by molar-refractivity contribution is -0.130. The second kappa shape index (κ2) is 5.49. The van der Waals surface area contributed by atoms with Gasteiger partial charge in [0.05, 0.1) is 6.54 Å². The number of rotatable bonds is 5. The molecule has 0 aromatic rings. The highest BCUT2D eigenvalue weighted by atomic mass is 19.4. The van der Waals surface area contributed by atoms with Gasteiger partial charge in [0.2, 0.25) is 5.91 Å². The summed E-state index contributed by atoms with van der Waals surface area (Å²) >= 11 is 0. The average Bonchev–Trinajstić information content (AvgIpc) is 2.07. The van der Waals surface area contributed by atoms with E-state index >= 15 is 0 Å². The predicted molar refractivity (Wildman–Crippen MR) is 50.9 cm³/mol. The van der Waals surface area contributed by atoms with Crippen molar-refractivity contribution >= 4 is 5.91 Å². The van der Waals surface area contributed by atoms with Crippen molar-refractivity contribution in [2.24, 2.45) is 0 Å². The minimum Gasteiger partial charge on any atom is -0.375 e. The molecule has 0 aliphatic heterocycles. The lowest BCUT2D eigenvalue weighted by Gasteiger charge is -2.36. The molecule has 4 nitrogen and oxygen atoms in total. The third kappa shape index (κ3) is 4.80. The van der Waals surface area contributed by atoms with Gasteiger partial charge >= 0.3 is 6.18 Å². The summed E-state index contributed by atoms with van der Waals surface area (Å²) in [5.41, 5.74) is 0. The Morgan fingerprint density at radius 1 is 1.38 bits per heavy atom. The highest BCUT2D eigenvalue weighted by Crippen LogP contribution is 2.21. The summed E-state index contributed by atoms with van der Waals surface area (Å²) in [6.45, 7) is -0.993. The zero-order valence-electron chi connectivity index (χ0n) is 8.93. The first kappa shape index (κ1) is 13.2. The third-order valence-corrected chi connectivity index (χ3v) is 2.37. The number of nitrogens with one attached hydrogen (secondary N) is 2. The molecule has 7 heteroatoms. The highest BCUT2D eigenvalue weighted by molar-refractivity contribution is 5.77. The SMILES string of the molecule is COCC(=O)NC1CC(NCC(F)(F)F)C1.